The van der Waals surface area contributed by atoms with Crippen molar-refractivity contribution in [2.75, 3.05) is 7.11 Å². The zero-order valence-electron chi connectivity index (χ0n) is 17.2. The Bertz CT molecular complexity index is 989. The van der Waals surface area contributed by atoms with Crippen molar-refractivity contribution in [3.63, 3.8) is 0 Å². The smallest absolute Gasteiger partial charge is 0.126 e. The maximum absolute atomic E-state index is 5.85. The molecular formula is C25H25NO2S. The van der Waals surface area contributed by atoms with Crippen molar-refractivity contribution in [2.45, 2.75) is 25.7 Å². The Labute approximate surface area is 177 Å². The van der Waals surface area contributed by atoms with Crippen LogP contribution in [0, 0.1) is 13.8 Å². The van der Waals surface area contributed by atoms with Gasteiger partial charge in [-0.15, -0.1) is 0 Å². The molecule has 0 aliphatic heterocycles. The minimum Gasteiger partial charge on any atom is -0.497 e. The largest absolute Gasteiger partial charge is 0.497 e. The summed E-state index contributed by atoms with van der Waals surface area (Å²) in [5, 5.41) is 0.895. The summed E-state index contributed by atoms with van der Waals surface area (Å²) < 4.78 is 11.0. The monoisotopic (exact) mass is 403 g/mol. The average molecular weight is 404 g/mol. The number of ether oxygens (including phenoxy) is 2. The number of rotatable bonds is 6. The fourth-order valence-electron chi connectivity index (χ4n) is 2.51. The molecule has 0 heterocycles. The predicted molar refractivity (Wildman–Crippen MR) is 123 cm³/mol. The van der Waals surface area contributed by atoms with Crippen molar-refractivity contribution >= 4 is 22.5 Å². The molecule has 3 aromatic carbocycles. The van der Waals surface area contributed by atoms with Gasteiger partial charge in [-0.05, 0) is 69.3 Å². The number of benzene rings is 3. The van der Waals surface area contributed by atoms with Crippen LogP contribution in [0.1, 0.15) is 18.1 Å². The van der Waals surface area contributed by atoms with E-state index in [1.807, 2.05) is 43.3 Å². The number of aliphatic imine (C=N–C) groups is 1. The normalized spacial score (nSPS) is 12.0. The Morgan fingerprint density at radius 2 is 1.34 bits per heavy atom. The molecule has 29 heavy (non-hydrogen) atoms. The second-order valence-electron chi connectivity index (χ2n) is 6.76. The van der Waals surface area contributed by atoms with Gasteiger partial charge in [0, 0.05) is 10.5 Å². The van der Waals surface area contributed by atoms with E-state index >= 15 is 0 Å². The molecule has 0 saturated carbocycles. The SMILES string of the molecule is COc1ccc(O/C=C(C)/C(=N/c2ccc(C)cc2)Sc2ccc(C)cc2)cc1. The van der Waals surface area contributed by atoms with E-state index in [9.17, 15) is 0 Å². The Morgan fingerprint density at radius 3 is 1.93 bits per heavy atom. The summed E-state index contributed by atoms with van der Waals surface area (Å²) in [5.41, 5.74) is 4.32. The summed E-state index contributed by atoms with van der Waals surface area (Å²) >= 11 is 1.63. The third kappa shape index (κ3) is 6.26. The van der Waals surface area contributed by atoms with Gasteiger partial charge >= 0.3 is 0 Å². The van der Waals surface area contributed by atoms with Gasteiger partial charge in [-0.25, -0.2) is 4.99 Å². The Hall–Kier alpha value is -2.98. The Kier molecular flexibility index (Phi) is 7.14. The molecule has 0 bridgehead atoms. The average Bonchev–Trinajstić information content (AvgIpc) is 2.75. The van der Waals surface area contributed by atoms with E-state index in [-0.39, 0.29) is 0 Å². The first-order valence-corrected chi connectivity index (χ1v) is 10.2. The van der Waals surface area contributed by atoms with Crippen LogP contribution in [0.5, 0.6) is 11.5 Å². The molecule has 0 saturated heterocycles. The summed E-state index contributed by atoms with van der Waals surface area (Å²) in [7, 11) is 1.65. The van der Waals surface area contributed by atoms with Gasteiger partial charge in [-0.1, -0.05) is 47.2 Å². The maximum atomic E-state index is 5.85. The third-order valence-corrected chi connectivity index (χ3v) is 5.38. The summed E-state index contributed by atoms with van der Waals surface area (Å²) in [6.07, 6.45) is 1.75. The van der Waals surface area contributed by atoms with Gasteiger partial charge in [-0.2, -0.15) is 0 Å². The van der Waals surface area contributed by atoms with Crippen LogP contribution in [0.4, 0.5) is 5.69 Å². The highest BCUT2D eigenvalue weighted by atomic mass is 32.2. The minimum atomic E-state index is 0.750. The molecule has 0 radical (unpaired) electrons. The summed E-state index contributed by atoms with van der Waals surface area (Å²) in [5.74, 6) is 1.55. The standard InChI is InChI=1S/C25H25NO2S/c1-18-5-9-21(10-6-18)26-25(29-24-15-7-19(2)8-16-24)20(3)17-28-23-13-11-22(27-4)12-14-23/h5-17H,1-4H3/b20-17+,26-25-. The predicted octanol–water partition coefficient (Wildman–Crippen LogP) is 7.12. The van der Waals surface area contributed by atoms with E-state index in [4.69, 9.17) is 14.5 Å². The zero-order valence-corrected chi connectivity index (χ0v) is 18.0. The van der Waals surface area contributed by atoms with Crippen molar-refractivity contribution in [1.29, 1.82) is 0 Å². The molecule has 3 aromatic rings. The van der Waals surface area contributed by atoms with Crippen molar-refractivity contribution in [1.82, 2.24) is 0 Å². The lowest BCUT2D eigenvalue weighted by molar-refractivity contribution is 0.412. The second kappa shape index (κ2) is 9.99. The highest BCUT2D eigenvalue weighted by Crippen LogP contribution is 2.27. The quantitative estimate of drug-likeness (QED) is 0.190. The van der Waals surface area contributed by atoms with E-state index in [1.54, 1.807) is 25.1 Å². The molecule has 0 aromatic heterocycles. The summed E-state index contributed by atoms with van der Waals surface area (Å²) in [6.45, 7) is 6.17. The highest BCUT2D eigenvalue weighted by molar-refractivity contribution is 8.14. The van der Waals surface area contributed by atoms with Crippen LogP contribution in [0.2, 0.25) is 0 Å². The number of thioether (sulfide) groups is 1. The van der Waals surface area contributed by atoms with Crippen LogP contribution in [0.25, 0.3) is 0 Å². The van der Waals surface area contributed by atoms with E-state index in [0.717, 1.165) is 32.7 Å². The van der Waals surface area contributed by atoms with E-state index in [0.29, 0.717) is 0 Å². The van der Waals surface area contributed by atoms with E-state index in [2.05, 4.69) is 50.2 Å². The van der Waals surface area contributed by atoms with Crippen molar-refractivity contribution in [2.24, 2.45) is 4.99 Å². The van der Waals surface area contributed by atoms with E-state index in [1.165, 1.54) is 11.1 Å². The van der Waals surface area contributed by atoms with Crippen LogP contribution in [0.15, 0.2) is 94.5 Å². The molecule has 4 heteroatoms. The first-order chi connectivity index (χ1) is 14.0. The molecular weight excluding hydrogens is 378 g/mol. The minimum absolute atomic E-state index is 0.750. The van der Waals surface area contributed by atoms with Gasteiger partial charge < -0.3 is 9.47 Å². The third-order valence-electron chi connectivity index (χ3n) is 4.27. The van der Waals surface area contributed by atoms with Crippen LogP contribution in [0.3, 0.4) is 0 Å². The molecule has 0 atom stereocenters. The zero-order chi connectivity index (χ0) is 20.6. The lowest BCUT2D eigenvalue weighted by Gasteiger charge is -2.09. The number of hydrogen-bond donors (Lipinski definition) is 0. The fourth-order valence-corrected chi connectivity index (χ4v) is 3.36. The summed E-state index contributed by atoms with van der Waals surface area (Å²) in [4.78, 5) is 6.01. The first kappa shape index (κ1) is 20.7. The molecule has 3 nitrogen and oxygen atoms in total. The second-order valence-corrected chi connectivity index (χ2v) is 7.82. The molecule has 0 N–H and O–H groups in total. The lowest BCUT2D eigenvalue weighted by Crippen LogP contribution is -1.97. The molecule has 0 spiro atoms. The van der Waals surface area contributed by atoms with Gasteiger partial charge in [0.15, 0.2) is 0 Å². The van der Waals surface area contributed by atoms with Crippen molar-refractivity contribution in [3.8, 4) is 11.5 Å². The van der Waals surface area contributed by atoms with Crippen LogP contribution < -0.4 is 9.47 Å². The fraction of sp³-hybridized carbons (Fsp3) is 0.160. The molecule has 0 aliphatic rings. The van der Waals surface area contributed by atoms with Gasteiger partial charge in [0.05, 0.1) is 19.1 Å². The molecule has 0 fully saturated rings. The van der Waals surface area contributed by atoms with Crippen molar-refractivity contribution in [3.05, 3.63) is 95.8 Å². The molecule has 0 aliphatic carbocycles. The summed E-state index contributed by atoms with van der Waals surface area (Å²) in [6, 6.07) is 24.2. The van der Waals surface area contributed by atoms with Gasteiger partial charge in [0.25, 0.3) is 0 Å². The Morgan fingerprint density at radius 1 is 0.793 bits per heavy atom. The van der Waals surface area contributed by atoms with Crippen molar-refractivity contribution < 1.29 is 9.47 Å². The van der Waals surface area contributed by atoms with Crippen LogP contribution >= 0.6 is 11.8 Å². The maximum Gasteiger partial charge on any atom is 0.126 e. The van der Waals surface area contributed by atoms with Crippen LogP contribution in [-0.4, -0.2) is 12.2 Å². The molecule has 0 amide bonds. The first-order valence-electron chi connectivity index (χ1n) is 9.41. The highest BCUT2D eigenvalue weighted by Gasteiger charge is 2.08. The van der Waals surface area contributed by atoms with E-state index < -0.39 is 0 Å². The number of hydrogen-bond acceptors (Lipinski definition) is 4. The molecule has 148 valence electrons. The lowest BCUT2D eigenvalue weighted by atomic mass is 10.2. The number of methoxy groups -OCH3 is 1. The van der Waals surface area contributed by atoms with Gasteiger partial charge in [0.2, 0.25) is 0 Å². The van der Waals surface area contributed by atoms with Gasteiger partial charge in [0.1, 0.15) is 16.5 Å². The van der Waals surface area contributed by atoms with Crippen LogP contribution in [-0.2, 0) is 0 Å². The molecule has 0 unspecified atom stereocenters. The topological polar surface area (TPSA) is 30.8 Å². The number of nitrogens with zero attached hydrogens (tertiary/aromatic N) is 1. The molecule has 3 rings (SSSR count). The van der Waals surface area contributed by atoms with Gasteiger partial charge in [-0.3, -0.25) is 0 Å². The number of aryl methyl sites for hydroxylation is 2. The Balaban J connectivity index is 1.85.